The molecule has 0 aromatic carbocycles. The van der Waals surface area contributed by atoms with Crippen molar-refractivity contribution in [2.45, 2.75) is 38.5 Å². The molecule has 2 heteroatoms. The summed E-state index contributed by atoms with van der Waals surface area (Å²) in [7, 11) is 0. The predicted octanol–water partition coefficient (Wildman–Crippen LogP) is 3.40. The minimum atomic E-state index is 0.756. The lowest BCUT2D eigenvalue weighted by molar-refractivity contribution is 0.174. The van der Waals surface area contributed by atoms with Crippen LogP contribution in [0.2, 0.25) is 0 Å². The van der Waals surface area contributed by atoms with Crippen molar-refractivity contribution in [3.63, 3.8) is 0 Å². The van der Waals surface area contributed by atoms with Crippen molar-refractivity contribution in [2.75, 3.05) is 13.2 Å². The number of ether oxygens (including phenoxy) is 2. The maximum atomic E-state index is 5.64. The molecule has 14 heavy (non-hydrogen) atoms. The highest BCUT2D eigenvalue weighted by atomic mass is 16.5. The Balaban J connectivity index is 1.92. The van der Waals surface area contributed by atoms with E-state index in [-0.39, 0.29) is 0 Å². The molecule has 1 aliphatic rings. The van der Waals surface area contributed by atoms with Gasteiger partial charge >= 0.3 is 0 Å². The highest BCUT2D eigenvalue weighted by Crippen LogP contribution is 2.18. The summed E-state index contributed by atoms with van der Waals surface area (Å²) in [5, 5.41) is 0. The first-order valence-electron chi connectivity index (χ1n) is 5.48. The molecule has 0 atom stereocenters. The third-order valence-electron chi connectivity index (χ3n) is 2.31. The van der Waals surface area contributed by atoms with E-state index in [1.54, 1.807) is 0 Å². The standard InChI is InChI=1S/C12H20O2/c1-2-13-10-6-7-11-14-12-8-4-3-5-9-12/h2,8H,1,3-7,9-11H2. The van der Waals surface area contributed by atoms with Gasteiger partial charge in [-0.05, 0) is 38.2 Å². The SMILES string of the molecule is C=COCCCCOC1=CCCCC1. The van der Waals surface area contributed by atoms with Gasteiger partial charge in [0.15, 0.2) is 0 Å². The van der Waals surface area contributed by atoms with Gasteiger partial charge in [0.1, 0.15) is 0 Å². The number of unbranched alkanes of at least 4 members (excludes halogenated alkanes) is 1. The third kappa shape index (κ3) is 4.95. The molecule has 0 aromatic rings. The van der Waals surface area contributed by atoms with Gasteiger partial charge in [-0.2, -0.15) is 0 Å². The number of hydrogen-bond donors (Lipinski definition) is 0. The van der Waals surface area contributed by atoms with Crippen LogP contribution in [0.15, 0.2) is 24.7 Å². The van der Waals surface area contributed by atoms with Crippen molar-refractivity contribution in [3.05, 3.63) is 24.7 Å². The molecule has 1 rings (SSSR count). The van der Waals surface area contributed by atoms with Gasteiger partial charge in [0.05, 0.1) is 25.2 Å². The molecule has 0 bridgehead atoms. The third-order valence-corrected chi connectivity index (χ3v) is 2.31. The van der Waals surface area contributed by atoms with E-state index >= 15 is 0 Å². The van der Waals surface area contributed by atoms with Gasteiger partial charge in [-0.1, -0.05) is 6.58 Å². The predicted molar refractivity (Wildman–Crippen MR) is 57.9 cm³/mol. The quantitative estimate of drug-likeness (QED) is 0.459. The first-order valence-corrected chi connectivity index (χ1v) is 5.48. The highest BCUT2D eigenvalue weighted by Gasteiger charge is 2.03. The fourth-order valence-corrected chi connectivity index (χ4v) is 1.51. The van der Waals surface area contributed by atoms with Crippen LogP contribution >= 0.6 is 0 Å². The molecule has 0 saturated carbocycles. The lowest BCUT2D eigenvalue weighted by atomic mass is 10.1. The van der Waals surface area contributed by atoms with Crippen LogP contribution in [0.1, 0.15) is 38.5 Å². The van der Waals surface area contributed by atoms with Gasteiger partial charge < -0.3 is 9.47 Å². The molecule has 0 heterocycles. The van der Waals surface area contributed by atoms with Crippen LogP contribution in [-0.2, 0) is 9.47 Å². The molecule has 0 unspecified atom stereocenters. The van der Waals surface area contributed by atoms with E-state index in [1.165, 1.54) is 31.3 Å². The topological polar surface area (TPSA) is 18.5 Å². The van der Waals surface area contributed by atoms with Crippen molar-refractivity contribution in [1.29, 1.82) is 0 Å². The summed E-state index contributed by atoms with van der Waals surface area (Å²) in [6.07, 6.45) is 10.7. The molecule has 0 aliphatic heterocycles. The fourth-order valence-electron chi connectivity index (χ4n) is 1.51. The lowest BCUT2D eigenvalue weighted by Crippen LogP contribution is -2.00. The Morgan fingerprint density at radius 1 is 1.29 bits per heavy atom. The lowest BCUT2D eigenvalue weighted by Gasteiger charge is -2.13. The number of rotatable bonds is 7. The van der Waals surface area contributed by atoms with Crippen LogP contribution in [0.25, 0.3) is 0 Å². The first kappa shape index (κ1) is 11.2. The molecule has 1 aliphatic carbocycles. The molecule has 0 spiro atoms. The second-order valence-electron chi connectivity index (χ2n) is 3.51. The van der Waals surface area contributed by atoms with Crippen molar-refractivity contribution in [1.82, 2.24) is 0 Å². The molecule has 0 amide bonds. The molecular formula is C12H20O2. The number of allylic oxidation sites excluding steroid dienone is 2. The summed E-state index contributed by atoms with van der Waals surface area (Å²) in [5.41, 5.74) is 0. The molecule has 0 N–H and O–H groups in total. The Morgan fingerprint density at radius 2 is 2.14 bits per heavy atom. The summed E-state index contributed by atoms with van der Waals surface area (Å²) in [6, 6.07) is 0. The second-order valence-corrected chi connectivity index (χ2v) is 3.51. The Labute approximate surface area is 86.6 Å². The Kier molecular flexibility index (Phi) is 5.96. The van der Waals surface area contributed by atoms with Crippen molar-refractivity contribution < 1.29 is 9.47 Å². The van der Waals surface area contributed by atoms with Gasteiger partial charge in [0, 0.05) is 6.42 Å². The summed E-state index contributed by atoms with van der Waals surface area (Å²) in [5.74, 6) is 1.20. The molecule has 0 aromatic heterocycles. The van der Waals surface area contributed by atoms with E-state index in [0.29, 0.717) is 0 Å². The van der Waals surface area contributed by atoms with Crippen molar-refractivity contribution >= 4 is 0 Å². The summed E-state index contributed by atoms with van der Waals surface area (Å²) in [4.78, 5) is 0. The van der Waals surface area contributed by atoms with Gasteiger partial charge in [-0.25, -0.2) is 0 Å². The zero-order valence-electron chi connectivity index (χ0n) is 8.84. The normalized spacial score (nSPS) is 15.9. The van der Waals surface area contributed by atoms with Crippen LogP contribution in [0.4, 0.5) is 0 Å². The average Bonchev–Trinajstić information content (AvgIpc) is 2.25. The highest BCUT2D eigenvalue weighted by molar-refractivity contribution is 4.96. The largest absolute Gasteiger partial charge is 0.502 e. The molecule has 0 fully saturated rings. The van der Waals surface area contributed by atoms with Gasteiger partial charge in [-0.3, -0.25) is 0 Å². The van der Waals surface area contributed by atoms with Crippen molar-refractivity contribution in [3.8, 4) is 0 Å². The maximum Gasteiger partial charge on any atom is 0.0919 e. The van der Waals surface area contributed by atoms with E-state index in [2.05, 4.69) is 12.7 Å². The van der Waals surface area contributed by atoms with Gasteiger partial charge in [0.25, 0.3) is 0 Å². The first-order chi connectivity index (χ1) is 6.93. The second kappa shape index (κ2) is 7.48. The van der Waals surface area contributed by atoms with E-state index in [1.807, 2.05) is 0 Å². The monoisotopic (exact) mass is 196 g/mol. The maximum absolute atomic E-state index is 5.64. The Morgan fingerprint density at radius 3 is 2.86 bits per heavy atom. The summed E-state index contributed by atoms with van der Waals surface area (Å²) in [6.45, 7) is 5.07. The zero-order chi connectivity index (χ0) is 10.1. The fraction of sp³-hybridized carbons (Fsp3) is 0.667. The van der Waals surface area contributed by atoms with Crippen LogP contribution in [0.5, 0.6) is 0 Å². The molecule has 2 nitrogen and oxygen atoms in total. The van der Waals surface area contributed by atoms with Crippen LogP contribution < -0.4 is 0 Å². The minimum absolute atomic E-state index is 0.756. The van der Waals surface area contributed by atoms with Crippen LogP contribution in [0, 0.1) is 0 Å². The van der Waals surface area contributed by atoms with E-state index in [0.717, 1.165) is 32.5 Å². The van der Waals surface area contributed by atoms with Crippen LogP contribution in [0.3, 0.4) is 0 Å². The average molecular weight is 196 g/mol. The van der Waals surface area contributed by atoms with Crippen molar-refractivity contribution in [2.24, 2.45) is 0 Å². The van der Waals surface area contributed by atoms with E-state index < -0.39 is 0 Å². The summed E-state index contributed by atoms with van der Waals surface area (Å²) < 4.78 is 10.7. The smallest absolute Gasteiger partial charge is 0.0919 e. The van der Waals surface area contributed by atoms with Crippen LogP contribution in [-0.4, -0.2) is 13.2 Å². The molecular weight excluding hydrogens is 176 g/mol. The van der Waals surface area contributed by atoms with E-state index in [4.69, 9.17) is 9.47 Å². The number of hydrogen-bond acceptors (Lipinski definition) is 2. The zero-order valence-corrected chi connectivity index (χ0v) is 8.84. The van der Waals surface area contributed by atoms with Gasteiger partial charge in [0.2, 0.25) is 0 Å². The van der Waals surface area contributed by atoms with Gasteiger partial charge in [-0.15, -0.1) is 0 Å². The molecule has 0 saturated heterocycles. The Bertz CT molecular complexity index is 185. The summed E-state index contributed by atoms with van der Waals surface area (Å²) >= 11 is 0. The minimum Gasteiger partial charge on any atom is -0.502 e. The molecule has 80 valence electrons. The Hall–Kier alpha value is -0.920. The van der Waals surface area contributed by atoms with E-state index in [9.17, 15) is 0 Å². The molecule has 0 radical (unpaired) electrons.